The van der Waals surface area contributed by atoms with Gasteiger partial charge in [-0.2, -0.15) is 13.2 Å². The Hall–Kier alpha value is -1.63. The number of halogens is 3. The second kappa shape index (κ2) is 3.44. The van der Waals surface area contributed by atoms with Gasteiger partial charge in [0.15, 0.2) is 0 Å². The summed E-state index contributed by atoms with van der Waals surface area (Å²) in [5, 5.41) is -0.0891. The highest BCUT2D eigenvalue weighted by atomic mass is 32.1. The number of fused-ring (bicyclic) bond motifs is 1. The number of carbonyl (C=O) groups is 1. The molecule has 2 heterocycles. The molecule has 0 fully saturated rings. The van der Waals surface area contributed by atoms with Crippen LogP contribution in [0.15, 0.2) is 18.3 Å². The molecule has 2 aromatic rings. The van der Waals surface area contributed by atoms with Crippen molar-refractivity contribution in [2.24, 2.45) is 5.73 Å². The Bertz CT molecular complexity index is 561. The van der Waals surface area contributed by atoms with E-state index in [1.54, 1.807) is 0 Å². The third-order valence-corrected chi connectivity index (χ3v) is 3.04. The minimum atomic E-state index is -4.46. The van der Waals surface area contributed by atoms with Gasteiger partial charge in [0.2, 0.25) is 0 Å². The highest BCUT2D eigenvalue weighted by Crippen LogP contribution is 2.36. The van der Waals surface area contributed by atoms with Crippen molar-refractivity contribution in [2.45, 2.75) is 6.18 Å². The monoisotopic (exact) mass is 246 g/mol. The highest BCUT2D eigenvalue weighted by Gasteiger charge is 2.33. The molecule has 0 aliphatic heterocycles. The maximum Gasteiger partial charge on any atom is 0.417 e. The predicted molar refractivity (Wildman–Crippen MR) is 53.1 cm³/mol. The van der Waals surface area contributed by atoms with E-state index in [1.807, 2.05) is 0 Å². The van der Waals surface area contributed by atoms with Crippen molar-refractivity contribution in [3.8, 4) is 0 Å². The molecule has 0 atom stereocenters. The summed E-state index contributed by atoms with van der Waals surface area (Å²) in [4.78, 5) is 14.8. The number of hydrogen-bond acceptors (Lipinski definition) is 3. The fourth-order valence-corrected chi connectivity index (χ4v) is 2.19. The Labute approximate surface area is 91.7 Å². The lowest BCUT2D eigenvalue weighted by Gasteiger charge is -2.06. The van der Waals surface area contributed by atoms with Gasteiger partial charge < -0.3 is 5.73 Å². The number of hydrogen-bond donors (Lipinski definition) is 1. The molecule has 3 nitrogen and oxygen atoms in total. The Morgan fingerprint density at radius 2 is 2.12 bits per heavy atom. The van der Waals surface area contributed by atoms with Crippen LogP contribution in [0.2, 0.25) is 0 Å². The van der Waals surface area contributed by atoms with E-state index in [0.717, 1.165) is 29.7 Å². The quantitative estimate of drug-likeness (QED) is 0.840. The average Bonchev–Trinajstić information content (AvgIpc) is 2.58. The number of nitrogens with two attached hydrogens (primary N) is 1. The van der Waals surface area contributed by atoms with Gasteiger partial charge >= 0.3 is 6.18 Å². The molecule has 2 aromatic heterocycles. The van der Waals surface area contributed by atoms with Crippen LogP contribution >= 0.6 is 11.3 Å². The SMILES string of the molecule is NC(=O)c1cc2c(C(F)(F)F)ccnc2s1. The molecule has 84 valence electrons. The summed E-state index contributed by atoms with van der Waals surface area (Å²) < 4.78 is 37.8. The van der Waals surface area contributed by atoms with E-state index < -0.39 is 17.6 Å². The maximum atomic E-state index is 12.6. The number of pyridine rings is 1. The Morgan fingerprint density at radius 3 is 2.69 bits per heavy atom. The molecule has 0 saturated carbocycles. The van der Waals surface area contributed by atoms with Crippen LogP contribution in [0.4, 0.5) is 13.2 Å². The number of nitrogens with zero attached hydrogens (tertiary/aromatic N) is 1. The van der Waals surface area contributed by atoms with Crippen LogP contribution < -0.4 is 5.73 Å². The number of rotatable bonds is 1. The van der Waals surface area contributed by atoms with Crippen LogP contribution in [0.3, 0.4) is 0 Å². The molecular weight excluding hydrogens is 241 g/mol. The molecule has 0 spiro atoms. The molecule has 0 radical (unpaired) electrons. The van der Waals surface area contributed by atoms with E-state index in [0.29, 0.717) is 0 Å². The number of alkyl halides is 3. The van der Waals surface area contributed by atoms with E-state index >= 15 is 0 Å². The summed E-state index contributed by atoms with van der Waals surface area (Å²) in [6.07, 6.45) is -3.40. The number of thiophene rings is 1. The standard InChI is InChI=1S/C9H5F3N2OS/c10-9(11,12)5-1-2-14-8-4(5)3-6(16-8)7(13)15/h1-3H,(H2,13,15). The van der Waals surface area contributed by atoms with Crippen molar-refractivity contribution in [3.63, 3.8) is 0 Å². The lowest BCUT2D eigenvalue weighted by atomic mass is 10.2. The van der Waals surface area contributed by atoms with Gasteiger partial charge in [-0.1, -0.05) is 0 Å². The van der Waals surface area contributed by atoms with Gasteiger partial charge in [-0.15, -0.1) is 11.3 Å². The summed E-state index contributed by atoms with van der Waals surface area (Å²) in [5.41, 5.74) is 4.19. The molecule has 0 aromatic carbocycles. The normalized spacial score (nSPS) is 11.9. The zero-order valence-electron chi connectivity index (χ0n) is 7.71. The van der Waals surface area contributed by atoms with Crippen molar-refractivity contribution in [1.82, 2.24) is 4.98 Å². The summed E-state index contributed by atoms with van der Waals surface area (Å²) in [6.45, 7) is 0. The molecule has 0 unspecified atom stereocenters. The van der Waals surface area contributed by atoms with E-state index in [-0.39, 0.29) is 15.1 Å². The third kappa shape index (κ3) is 1.73. The molecule has 1 amide bonds. The van der Waals surface area contributed by atoms with Gasteiger partial charge in [-0.25, -0.2) is 4.98 Å². The van der Waals surface area contributed by atoms with Crippen LogP contribution in [-0.2, 0) is 6.18 Å². The van der Waals surface area contributed by atoms with Crippen LogP contribution in [0.5, 0.6) is 0 Å². The zero-order chi connectivity index (χ0) is 11.9. The Balaban J connectivity index is 2.73. The summed E-state index contributed by atoms with van der Waals surface area (Å²) in [7, 11) is 0. The first-order valence-corrected chi connectivity index (χ1v) is 4.97. The molecular formula is C9H5F3N2OS. The lowest BCUT2D eigenvalue weighted by molar-refractivity contribution is -0.136. The number of aromatic nitrogens is 1. The molecule has 7 heteroatoms. The van der Waals surface area contributed by atoms with Gasteiger partial charge in [0, 0.05) is 11.6 Å². The first-order valence-electron chi connectivity index (χ1n) is 4.15. The molecule has 16 heavy (non-hydrogen) atoms. The predicted octanol–water partition coefficient (Wildman–Crippen LogP) is 2.41. The number of amides is 1. The smallest absolute Gasteiger partial charge is 0.365 e. The van der Waals surface area contributed by atoms with Gasteiger partial charge in [-0.05, 0) is 12.1 Å². The fourth-order valence-electron chi connectivity index (χ4n) is 1.31. The van der Waals surface area contributed by atoms with Crippen molar-refractivity contribution in [3.05, 3.63) is 28.8 Å². The fraction of sp³-hybridized carbons (Fsp3) is 0.111. The molecule has 0 aliphatic rings. The van der Waals surface area contributed by atoms with Gasteiger partial charge in [0.05, 0.1) is 10.4 Å². The van der Waals surface area contributed by atoms with Crippen LogP contribution in [0.1, 0.15) is 15.2 Å². The topological polar surface area (TPSA) is 56.0 Å². The number of primary amides is 1. The maximum absolute atomic E-state index is 12.6. The third-order valence-electron chi connectivity index (χ3n) is 1.98. The molecule has 0 saturated heterocycles. The van der Waals surface area contributed by atoms with Crippen LogP contribution in [0, 0.1) is 0 Å². The minimum absolute atomic E-state index is 0.0687. The largest absolute Gasteiger partial charge is 0.417 e. The zero-order valence-corrected chi connectivity index (χ0v) is 8.52. The second-order valence-electron chi connectivity index (χ2n) is 3.05. The Morgan fingerprint density at radius 1 is 1.44 bits per heavy atom. The van der Waals surface area contributed by atoms with Crippen molar-refractivity contribution < 1.29 is 18.0 Å². The number of carbonyl (C=O) groups excluding carboxylic acids is 1. The molecule has 0 bridgehead atoms. The van der Waals surface area contributed by atoms with Crippen molar-refractivity contribution in [1.29, 1.82) is 0 Å². The first kappa shape index (κ1) is 10.9. The average molecular weight is 246 g/mol. The van der Waals surface area contributed by atoms with Gasteiger partial charge in [0.1, 0.15) is 4.83 Å². The molecule has 2 rings (SSSR count). The van der Waals surface area contributed by atoms with Gasteiger partial charge in [0.25, 0.3) is 5.91 Å². The van der Waals surface area contributed by atoms with Crippen LogP contribution in [0.25, 0.3) is 10.2 Å². The van der Waals surface area contributed by atoms with Crippen molar-refractivity contribution >= 4 is 27.5 Å². The van der Waals surface area contributed by atoms with E-state index in [2.05, 4.69) is 4.98 Å². The van der Waals surface area contributed by atoms with Gasteiger partial charge in [-0.3, -0.25) is 4.79 Å². The Kier molecular flexibility index (Phi) is 2.34. The van der Waals surface area contributed by atoms with Crippen molar-refractivity contribution in [2.75, 3.05) is 0 Å². The first-order chi connectivity index (χ1) is 7.39. The molecule has 2 N–H and O–H groups in total. The van der Waals surface area contributed by atoms with E-state index in [9.17, 15) is 18.0 Å². The lowest BCUT2D eigenvalue weighted by Crippen LogP contribution is -2.08. The second-order valence-corrected chi connectivity index (χ2v) is 4.08. The summed E-state index contributed by atoms with van der Waals surface area (Å²) in [6, 6.07) is 2.00. The summed E-state index contributed by atoms with van der Waals surface area (Å²) in [5.74, 6) is -0.754. The minimum Gasteiger partial charge on any atom is -0.365 e. The highest BCUT2D eigenvalue weighted by molar-refractivity contribution is 7.20. The van der Waals surface area contributed by atoms with Crippen LogP contribution in [-0.4, -0.2) is 10.9 Å². The van der Waals surface area contributed by atoms with E-state index in [1.165, 1.54) is 0 Å². The summed E-state index contributed by atoms with van der Waals surface area (Å²) >= 11 is 0.850. The molecule has 0 aliphatic carbocycles. The van der Waals surface area contributed by atoms with E-state index in [4.69, 9.17) is 5.73 Å².